The van der Waals surface area contributed by atoms with Crippen LogP contribution in [0.2, 0.25) is 10.0 Å². The van der Waals surface area contributed by atoms with E-state index in [0.717, 1.165) is 11.3 Å². The van der Waals surface area contributed by atoms with Gasteiger partial charge in [-0.15, -0.1) is 0 Å². The van der Waals surface area contributed by atoms with Crippen LogP contribution in [0, 0.1) is 19.7 Å². The Hall–Kier alpha value is -3.55. The molecule has 0 spiro atoms. The van der Waals surface area contributed by atoms with E-state index in [1.54, 1.807) is 46.3 Å². The molecule has 0 aliphatic rings. The number of aryl methyl sites for hydroxylation is 2. The third kappa shape index (κ3) is 6.91. The predicted octanol–water partition coefficient (Wildman–Crippen LogP) is 6.85. The molecule has 3 rings (SSSR count). The van der Waals surface area contributed by atoms with Gasteiger partial charge < -0.3 is 4.90 Å². The number of pyridine rings is 2. The molecule has 2 aromatic heterocycles. The zero-order chi connectivity index (χ0) is 28.9. The van der Waals surface area contributed by atoms with E-state index < -0.39 is 17.3 Å². The minimum atomic E-state index is -0.693. The summed E-state index contributed by atoms with van der Waals surface area (Å²) in [6.07, 6.45) is 8.45. The topological polar surface area (TPSA) is 67.6 Å². The molecule has 0 N–H and O–H groups in total. The first kappa shape index (κ1) is 30.0. The number of aromatic nitrogens is 2. The molecule has 0 saturated heterocycles. The fourth-order valence-electron chi connectivity index (χ4n) is 4.13. The lowest BCUT2D eigenvalue weighted by molar-refractivity contribution is 0.0823. The minimum Gasteiger partial charge on any atom is -0.345 e. The van der Waals surface area contributed by atoms with Crippen LogP contribution in [0.1, 0.15) is 58.2 Å². The molecule has 3 aromatic rings. The van der Waals surface area contributed by atoms with Crippen molar-refractivity contribution in [2.75, 3.05) is 14.1 Å². The van der Waals surface area contributed by atoms with Crippen molar-refractivity contribution in [2.45, 2.75) is 40.0 Å². The van der Waals surface area contributed by atoms with E-state index in [-0.39, 0.29) is 27.8 Å². The van der Waals surface area contributed by atoms with Crippen LogP contribution in [0.15, 0.2) is 64.7 Å². The number of amides is 1. The van der Waals surface area contributed by atoms with Crippen molar-refractivity contribution >= 4 is 41.0 Å². The van der Waals surface area contributed by atoms with E-state index in [4.69, 9.17) is 23.2 Å². The fraction of sp³-hybridized carbons (Fsp3) is 0.267. The van der Waals surface area contributed by atoms with E-state index >= 15 is 4.39 Å². The van der Waals surface area contributed by atoms with Crippen LogP contribution in [0.25, 0.3) is 6.20 Å². The van der Waals surface area contributed by atoms with E-state index in [1.165, 1.54) is 40.1 Å². The Morgan fingerprint density at radius 2 is 1.90 bits per heavy atom. The number of nitrogens with zero attached hydrogens (tertiary/aromatic N) is 4. The number of rotatable bonds is 8. The van der Waals surface area contributed by atoms with Crippen molar-refractivity contribution in [3.63, 3.8) is 0 Å². The number of hydrogen-bond acceptors (Lipinski definition) is 4. The van der Waals surface area contributed by atoms with Crippen LogP contribution in [-0.2, 0) is 6.42 Å². The van der Waals surface area contributed by atoms with Crippen LogP contribution in [0.4, 0.5) is 4.39 Å². The first-order chi connectivity index (χ1) is 18.5. The van der Waals surface area contributed by atoms with E-state index in [2.05, 4.69) is 9.98 Å². The molecule has 0 aliphatic carbocycles. The van der Waals surface area contributed by atoms with E-state index in [9.17, 15) is 9.59 Å². The second kappa shape index (κ2) is 13.0. The van der Waals surface area contributed by atoms with Gasteiger partial charge in [0.05, 0.1) is 16.3 Å². The molecule has 2 heterocycles. The van der Waals surface area contributed by atoms with Crippen LogP contribution >= 0.6 is 23.2 Å². The summed E-state index contributed by atoms with van der Waals surface area (Å²) in [6.45, 7) is 7.48. The number of allylic oxidation sites excluding steroid dienone is 2. The molecule has 0 fully saturated rings. The van der Waals surface area contributed by atoms with Gasteiger partial charge in [-0.05, 0) is 74.6 Å². The van der Waals surface area contributed by atoms with Gasteiger partial charge in [-0.25, -0.2) is 4.39 Å². The lowest BCUT2D eigenvalue weighted by Crippen LogP contribution is -2.23. The molecule has 0 radical (unpaired) electrons. The third-order valence-electron chi connectivity index (χ3n) is 6.28. The Morgan fingerprint density at radius 1 is 1.21 bits per heavy atom. The zero-order valence-electron chi connectivity index (χ0n) is 22.8. The highest BCUT2D eigenvalue weighted by molar-refractivity contribution is 6.31. The molecule has 39 heavy (non-hydrogen) atoms. The van der Waals surface area contributed by atoms with Gasteiger partial charge in [0.1, 0.15) is 10.8 Å². The van der Waals surface area contributed by atoms with Gasteiger partial charge in [-0.2, -0.15) is 0 Å². The summed E-state index contributed by atoms with van der Waals surface area (Å²) in [5, 5.41) is 0.649. The van der Waals surface area contributed by atoms with Gasteiger partial charge in [0, 0.05) is 49.6 Å². The van der Waals surface area contributed by atoms with Crippen LogP contribution in [-0.4, -0.2) is 40.2 Å². The smallest absolute Gasteiger partial charge is 0.273 e. The molecule has 9 heteroatoms. The van der Waals surface area contributed by atoms with Crippen molar-refractivity contribution in [1.29, 1.82) is 0 Å². The zero-order valence-corrected chi connectivity index (χ0v) is 24.3. The highest BCUT2D eigenvalue weighted by atomic mass is 35.5. The van der Waals surface area contributed by atoms with Gasteiger partial charge in [-0.3, -0.25) is 24.1 Å². The summed E-state index contributed by atoms with van der Waals surface area (Å²) in [4.78, 5) is 35.7. The number of carbonyl (C=O) groups excluding carboxylic acids is 1. The quantitative estimate of drug-likeness (QED) is 0.279. The molecule has 1 amide bonds. The summed E-state index contributed by atoms with van der Waals surface area (Å²) in [5.74, 6) is -1.23. The van der Waals surface area contributed by atoms with E-state index in [0.29, 0.717) is 22.7 Å². The Balaban J connectivity index is 2.01. The normalized spacial score (nSPS) is 12.9. The standard InChI is InChI=1S/C30H31Cl2FN4O2/c1-7-12-34-26(23-9-8-10-24(28(23)33)29(38)36(5)6)11-13-37-19(3)15-25(27(32)30(37)39)18(2)14-21-16-22(31)17-35-20(21)4/h7-13,15-18H,14H2,1-6H3/b12-7+,13-11+,34-26-. The van der Waals surface area contributed by atoms with Gasteiger partial charge in [0.2, 0.25) is 0 Å². The van der Waals surface area contributed by atoms with E-state index in [1.807, 2.05) is 26.0 Å². The number of aliphatic imine (C=N–C) groups is 1. The number of carbonyl (C=O) groups is 1. The van der Waals surface area contributed by atoms with Crippen LogP contribution in [0.5, 0.6) is 0 Å². The van der Waals surface area contributed by atoms with Crippen molar-refractivity contribution in [2.24, 2.45) is 4.99 Å². The average molecular weight is 570 g/mol. The van der Waals surface area contributed by atoms with Gasteiger partial charge in [0.25, 0.3) is 11.5 Å². The lowest BCUT2D eigenvalue weighted by Gasteiger charge is -2.17. The fourth-order valence-corrected chi connectivity index (χ4v) is 4.64. The minimum absolute atomic E-state index is 0.0700. The maximum Gasteiger partial charge on any atom is 0.273 e. The first-order valence-corrected chi connectivity index (χ1v) is 13.1. The number of hydrogen-bond donors (Lipinski definition) is 0. The van der Waals surface area contributed by atoms with Crippen LogP contribution in [0.3, 0.4) is 0 Å². The highest BCUT2D eigenvalue weighted by Gasteiger charge is 2.20. The summed E-state index contributed by atoms with van der Waals surface area (Å²) in [5.41, 5.74) is 3.10. The molecule has 1 aromatic carbocycles. The van der Waals surface area contributed by atoms with Crippen LogP contribution < -0.4 is 5.56 Å². The maximum absolute atomic E-state index is 15.4. The highest BCUT2D eigenvalue weighted by Crippen LogP contribution is 2.28. The molecule has 1 unspecified atom stereocenters. The Labute approximate surface area is 238 Å². The molecule has 0 bridgehead atoms. The SMILES string of the molecule is C/C=C/N=C(/C=C/n1c(C)cc(C(C)Cc2cc(Cl)cnc2C)c(Cl)c1=O)c1cccc(C(=O)N(C)C)c1F. The Morgan fingerprint density at radius 3 is 2.56 bits per heavy atom. The summed E-state index contributed by atoms with van der Waals surface area (Å²) >= 11 is 12.7. The van der Waals surface area contributed by atoms with Gasteiger partial charge in [0.15, 0.2) is 0 Å². The van der Waals surface area contributed by atoms with Crippen molar-refractivity contribution in [1.82, 2.24) is 14.5 Å². The third-order valence-corrected chi connectivity index (χ3v) is 6.86. The van der Waals surface area contributed by atoms with Gasteiger partial charge in [-0.1, -0.05) is 42.3 Å². The number of halogens is 3. The second-order valence-electron chi connectivity index (χ2n) is 9.41. The molecule has 1 atom stereocenters. The lowest BCUT2D eigenvalue weighted by atomic mass is 9.93. The largest absolute Gasteiger partial charge is 0.345 e. The maximum atomic E-state index is 15.4. The van der Waals surface area contributed by atoms with Gasteiger partial charge >= 0.3 is 0 Å². The molecule has 0 aliphatic heterocycles. The Kier molecular flexibility index (Phi) is 10.0. The molecular weight excluding hydrogens is 538 g/mol. The molecule has 204 valence electrons. The second-order valence-corrected chi connectivity index (χ2v) is 10.2. The summed E-state index contributed by atoms with van der Waals surface area (Å²) in [7, 11) is 3.11. The average Bonchev–Trinajstić information content (AvgIpc) is 2.89. The monoisotopic (exact) mass is 568 g/mol. The molecular formula is C30H31Cl2FN4O2. The first-order valence-electron chi connectivity index (χ1n) is 12.4. The summed E-state index contributed by atoms with van der Waals surface area (Å²) in [6, 6.07) is 8.29. The number of benzene rings is 1. The molecule has 0 saturated carbocycles. The summed E-state index contributed by atoms with van der Waals surface area (Å²) < 4.78 is 16.8. The van der Waals surface area contributed by atoms with Crippen molar-refractivity contribution in [3.05, 3.63) is 115 Å². The Bertz CT molecular complexity index is 1540. The predicted molar refractivity (Wildman–Crippen MR) is 158 cm³/mol. The van der Waals surface area contributed by atoms with Crippen molar-refractivity contribution in [3.8, 4) is 0 Å². The molecule has 6 nitrogen and oxygen atoms in total. The van der Waals surface area contributed by atoms with Crippen molar-refractivity contribution < 1.29 is 9.18 Å².